The van der Waals surface area contributed by atoms with E-state index in [4.69, 9.17) is 18.0 Å². The van der Waals surface area contributed by atoms with Crippen LogP contribution in [0.25, 0.3) is 0 Å². The number of rotatable bonds is 5. The fraction of sp³-hybridized carbons (Fsp3) is 0.364. The van der Waals surface area contributed by atoms with E-state index < -0.39 is 0 Å². The SMILES string of the molecule is CN(C)CCNc1cccc(Br)c1C(N)=S. The van der Waals surface area contributed by atoms with Gasteiger partial charge in [-0.15, -0.1) is 0 Å². The van der Waals surface area contributed by atoms with E-state index >= 15 is 0 Å². The van der Waals surface area contributed by atoms with Gasteiger partial charge in [0.1, 0.15) is 4.99 Å². The van der Waals surface area contributed by atoms with Gasteiger partial charge in [-0.25, -0.2) is 0 Å². The van der Waals surface area contributed by atoms with Crippen molar-refractivity contribution in [3.8, 4) is 0 Å². The van der Waals surface area contributed by atoms with Gasteiger partial charge in [0.15, 0.2) is 0 Å². The quantitative estimate of drug-likeness (QED) is 0.817. The van der Waals surface area contributed by atoms with E-state index in [1.54, 1.807) is 0 Å². The van der Waals surface area contributed by atoms with E-state index in [-0.39, 0.29) is 0 Å². The minimum Gasteiger partial charge on any atom is -0.389 e. The zero-order valence-corrected chi connectivity index (χ0v) is 11.9. The van der Waals surface area contributed by atoms with Crippen LogP contribution >= 0.6 is 28.1 Å². The molecule has 0 spiro atoms. The average molecular weight is 302 g/mol. The molecule has 3 N–H and O–H groups in total. The van der Waals surface area contributed by atoms with Gasteiger partial charge in [0, 0.05) is 28.8 Å². The number of anilines is 1. The molecule has 1 aromatic carbocycles. The molecule has 5 heteroatoms. The molecule has 0 bridgehead atoms. The molecule has 0 amide bonds. The highest BCUT2D eigenvalue weighted by molar-refractivity contribution is 9.10. The van der Waals surface area contributed by atoms with Crippen molar-refractivity contribution < 1.29 is 0 Å². The summed E-state index contributed by atoms with van der Waals surface area (Å²) in [5, 5.41) is 3.33. The molecule has 0 radical (unpaired) electrons. The summed E-state index contributed by atoms with van der Waals surface area (Å²) in [7, 11) is 4.08. The van der Waals surface area contributed by atoms with Crippen LogP contribution in [0.15, 0.2) is 22.7 Å². The van der Waals surface area contributed by atoms with Crippen LogP contribution in [-0.2, 0) is 0 Å². The van der Waals surface area contributed by atoms with Gasteiger partial charge in [0.25, 0.3) is 0 Å². The first-order chi connectivity index (χ1) is 7.52. The topological polar surface area (TPSA) is 41.3 Å². The number of nitrogens with one attached hydrogen (secondary N) is 1. The minimum absolute atomic E-state index is 0.403. The van der Waals surface area contributed by atoms with Crippen molar-refractivity contribution in [3.05, 3.63) is 28.2 Å². The van der Waals surface area contributed by atoms with Gasteiger partial charge < -0.3 is 16.0 Å². The number of benzene rings is 1. The molecule has 88 valence electrons. The van der Waals surface area contributed by atoms with Crippen molar-refractivity contribution in [2.24, 2.45) is 5.73 Å². The van der Waals surface area contributed by atoms with E-state index in [1.165, 1.54) is 0 Å². The van der Waals surface area contributed by atoms with Crippen molar-refractivity contribution in [1.29, 1.82) is 0 Å². The summed E-state index contributed by atoms with van der Waals surface area (Å²) in [6, 6.07) is 5.88. The molecule has 0 aliphatic rings. The third-order valence-electron chi connectivity index (χ3n) is 2.13. The number of nitrogens with zero attached hydrogens (tertiary/aromatic N) is 1. The Bertz CT molecular complexity index is 379. The largest absolute Gasteiger partial charge is 0.389 e. The van der Waals surface area contributed by atoms with Crippen molar-refractivity contribution >= 4 is 38.8 Å². The summed E-state index contributed by atoms with van der Waals surface area (Å²) in [5.74, 6) is 0. The predicted octanol–water partition coefficient (Wildman–Crippen LogP) is 2.06. The Morgan fingerprint density at radius 3 is 2.75 bits per heavy atom. The Morgan fingerprint density at radius 1 is 1.50 bits per heavy atom. The second-order valence-electron chi connectivity index (χ2n) is 3.76. The first-order valence-electron chi connectivity index (χ1n) is 4.99. The molecule has 0 heterocycles. The maximum Gasteiger partial charge on any atom is 0.107 e. The molecule has 0 saturated carbocycles. The fourth-order valence-electron chi connectivity index (χ4n) is 1.34. The average Bonchev–Trinajstić information content (AvgIpc) is 2.16. The molecule has 1 rings (SSSR count). The monoisotopic (exact) mass is 301 g/mol. The summed E-state index contributed by atoms with van der Waals surface area (Å²) >= 11 is 8.49. The van der Waals surface area contributed by atoms with E-state index in [1.807, 2.05) is 32.3 Å². The Hall–Kier alpha value is -0.650. The van der Waals surface area contributed by atoms with E-state index in [0.29, 0.717) is 4.99 Å². The van der Waals surface area contributed by atoms with Gasteiger partial charge in [0.2, 0.25) is 0 Å². The highest BCUT2D eigenvalue weighted by atomic mass is 79.9. The molecule has 0 unspecified atom stereocenters. The summed E-state index contributed by atoms with van der Waals surface area (Å²) in [6.07, 6.45) is 0. The number of likely N-dealkylation sites (N-methyl/N-ethyl adjacent to an activating group) is 1. The van der Waals surface area contributed by atoms with Crippen LogP contribution < -0.4 is 11.1 Å². The predicted molar refractivity (Wildman–Crippen MR) is 77.1 cm³/mol. The van der Waals surface area contributed by atoms with Gasteiger partial charge >= 0.3 is 0 Å². The lowest BCUT2D eigenvalue weighted by Crippen LogP contribution is -2.22. The normalized spacial score (nSPS) is 10.5. The number of thiocarbonyl (C=S) groups is 1. The van der Waals surface area contributed by atoms with Crippen LogP contribution in [0.3, 0.4) is 0 Å². The minimum atomic E-state index is 0.403. The molecule has 0 aliphatic carbocycles. The Balaban J connectivity index is 2.79. The molecule has 0 atom stereocenters. The number of halogens is 1. The van der Waals surface area contributed by atoms with Crippen LogP contribution in [0.5, 0.6) is 0 Å². The Labute approximate surface area is 110 Å². The van der Waals surface area contributed by atoms with Gasteiger partial charge in [-0.1, -0.05) is 18.3 Å². The second kappa shape index (κ2) is 6.18. The zero-order valence-electron chi connectivity index (χ0n) is 9.46. The van der Waals surface area contributed by atoms with Crippen molar-refractivity contribution in [3.63, 3.8) is 0 Å². The molecule has 0 aromatic heterocycles. The second-order valence-corrected chi connectivity index (χ2v) is 5.05. The standard InChI is InChI=1S/C11H16BrN3S/c1-15(2)7-6-14-9-5-3-4-8(12)10(9)11(13)16/h3-5,14H,6-7H2,1-2H3,(H2,13,16). The van der Waals surface area contributed by atoms with Gasteiger partial charge in [-0.3, -0.25) is 0 Å². The van der Waals surface area contributed by atoms with Gasteiger partial charge in [-0.2, -0.15) is 0 Å². The summed E-state index contributed by atoms with van der Waals surface area (Å²) in [4.78, 5) is 2.52. The van der Waals surface area contributed by atoms with E-state index in [9.17, 15) is 0 Å². The maximum atomic E-state index is 5.70. The van der Waals surface area contributed by atoms with Gasteiger partial charge in [0.05, 0.1) is 0 Å². The van der Waals surface area contributed by atoms with Crippen LogP contribution in [-0.4, -0.2) is 37.1 Å². The van der Waals surface area contributed by atoms with E-state index in [0.717, 1.165) is 28.8 Å². The molecule has 0 aliphatic heterocycles. The van der Waals surface area contributed by atoms with Crippen LogP contribution in [0.1, 0.15) is 5.56 Å². The van der Waals surface area contributed by atoms with Crippen molar-refractivity contribution in [1.82, 2.24) is 4.90 Å². The summed E-state index contributed by atoms with van der Waals surface area (Å²) in [5.41, 5.74) is 7.55. The number of hydrogen-bond acceptors (Lipinski definition) is 3. The smallest absolute Gasteiger partial charge is 0.107 e. The van der Waals surface area contributed by atoms with Crippen LogP contribution in [0.2, 0.25) is 0 Å². The fourth-order valence-corrected chi connectivity index (χ4v) is 2.27. The lowest BCUT2D eigenvalue weighted by atomic mass is 10.2. The lowest BCUT2D eigenvalue weighted by molar-refractivity contribution is 0.425. The third-order valence-corrected chi connectivity index (χ3v) is 3.00. The first kappa shape index (κ1) is 13.4. The highest BCUT2D eigenvalue weighted by Crippen LogP contribution is 2.24. The number of nitrogens with two attached hydrogens (primary N) is 1. The highest BCUT2D eigenvalue weighted by Gasteiger charge is 2.08. The molecule has 0 fully saturated rings. The summed E-state index contributed by atoms with van der Waals surface area (Å²) in [6.45, 7) is 1.82. The van der Waals surface area contributed by atoms with Crippen molar-refractivity contribution in [2.75, 3.05) is 32.5 Å². The molecule has 0 saturated heterocycles. The lowest BCUT2D eigenvalue weighted by Gasteiger charge is -2.14. The maximum absolute atomic E-state index is 5.70. The third kappa shape index (κ3) is 3.73. The molecule has 3 nitrogen and oxygen atoms in total. The first-order valence-corrected chi connectivity index (χ1v) is 6.19. The molecular weight excluding hydrogens is 286 g/mol. The zero-order chi connectivity index (χ0) is 12.1. The summed E-state index contributed by atoms with van der Waals surface area (Å²) < 4.78 is 0.926. The molecular formula is C11H16BrN3S. The Kier molecular flexibility index (Phi) is 5.18. The Morgan fingerprint density at radius 2 is 2.19 bits per heavy atom. The number of hydrogen-bond donors (Lipinski definition) is 2. The van der Waals surface area contributed by atoms with Crippen LogP contribution in [0.4, 0.5) is 5.69 Å². The van der Waals surface area contributed by atoms with Crippen LogP contribution in [0, 0.1) is 0 Å². The molecule has 16 heavy (non-hydrogen) atoms. The van der Waals surface area contributed by atoms with Gasteiger partial charge in [-0.05, 0) is 42.2 Å². The van der Waals surface area contributed by atoms with Crippen molar-refractivity contribution in [2.45, 2.75) is 0 Å². The van der Waals surface area contributed by atoms with E-state index in [2.05, 4.69) is 26.1 Å². The molecule has 1 aromatic rings.